The summed E-state index contributed by atoms with van der Waals surface area (Å²) in [5.74, 6) is -0.526. The third kappa shape index (κ3) is 6.74. The number of rotatable bonds is 9. The van der Waals surface area contributed by atoms with Crippen molar-refractivity contribution in [2.45, 2.75) is 18.9 Å². The summed E-state index contributed by atoms with van der Waals surface area (Å²) in [6, 6.07) is 14.8. The van der Waals surface area contributed by atoms with Gasteiger partial charge in [0, 0.05) is 17.3 Å². The summed E-state index contributed by atoms with van der Waals surface area (Å²) >= 11 is 5.86. The van der Waals surface area contributed by atoms with E-state index in [2.05, 4.69) is 5.32 Å². The first-order valence-corrected chi connectivity index (χ1v) is 8.50. The van der Waals surface area contributed by atoms with Crippen LogP contribution in [0, 0.1) is 0 Å². The number of esters is 1. The van der Waals surface area contributed by atoms with E-state index in [1.165, 1.54) is 5.56 Å². The van der Waals surface area contributed by atoms with E-state index in [9.17, 15) is 9.90 Å². The Morgan fingerprint density at radius 1 is 1.12 bits per heavy atom. The lowest BCUT2D eigenvalue weighted by Gasteiger charge is -2.10. The summed E-state index contributed by atoms with van der Waals surface area (Å²) in [5.41, 5.74) is 2.56. The monoisotopic (exact) mass is 363 g/mol. The van der Waals surface area contributed by atoms with E-state index in [-0.39, 0.29) is 6.61 Å². The molecule has 2 aromatic rings. The van der Waals surface area contributed by atoms with Crippen molar-refractivity contribution in [3.05, 3.63) is 64.7 Å². The molecule has 1 atom stereocenters. The van der Waals surface area contributed by atoms with Crippen molar-refractivity contribution in [2.24, 2.45) is 0 Å². The molecule has 0 aliphatic heterocycles. The molecule has 0 spiro atoms. The maximum atomic E-state index is 11.8. The number of aliphatic hydroxyl groups excluding tert-OH is 2. The van der Waals surface area contributed by atoms with Crippen LogP contribution in [0.3, 0.4) is 0 Å². The van der Waals surface area contributed by atoms with E-state index < -0.39 is 18.7 Å². The molecule has 5 nitrogen and oxygen atoms in total. The zero-order valence-electron chi connectivity index (χ0n) is 13.8. The van der Waals surface area contributed by atoms with E-state index >= 15 is 0 Å². The number of aryl methyl sites for hydroxylation is 1. The van der Waals surface area contributed by atoms with Gasteiger partial charge < -0.3 is 20.3 Å². The number of hydrogen-bond acceptors (Lipinski definition) is 5. The van der Waals surface area contributed by atoms with Crippen LogP contribution in [0.5, 0.6) is 0 Å². The Balaban J connectivity index is 1.72. The lowest BCUT2D eigenvalue weighted by atomic mass is 10.1. The SMILES string of the molecule is O=C(OC[C@@H](O)CO)c1ccc(NCCCc2ccc(Cl)cc2)cc1. The number of hydrogen-bond donors (Lipinski definition) is 3. The largest absolute Gasteiger partial charge is 0.459 e. The zero-order valence-corrected chi connectivity index (χ0v) is 14.6. The van der Waals surface area contributed by atoms with E-state index in [0.29, 0.717) is 5.56 Å². The Hall–Kier alpha value is -2.08. The number of carbonyl (C=O) groups excluding carboxylic acids is 1. The van der Waals surface area contributed by atoms with E-state index in [1.807, 2.05) is 24.3 Å². The first-order chi connectivity index (χ1) is 12.1. The second-order valence-electron chi connectivity index (χ2n) is 5.67. The minimum absolute atomic E-state index is 0.222. The molecule has 0 aliphatic carbocycles. The number of anilines is 1. The molecule has 0 radical (unpaired) electrons. The molecule has 6 heteroatoms. The Kier molecular flexibility index (Phi) is 7.73. The van der Waals surface area contributed by atoms with Crippen molar-refractivity contribution < 1.29 is 19.7 Å². The first-order valence-electron chi connectivity index (χ1n) is 8.13. The molecule has 25 heavy (non-hydrogen) atoms. The number of ether oxygens (including phenoxy) is 1. The summed E-state index contributed by atoms with van der Waals surface area (Å²) in [5, 5.41) is 21.9. The minimum Gasteiger partial charge on any atom is -0.459 e. The minimum atomic E-state index is -1.05. The summed E-state index contributed by atoms with van der Waals surface area (Å²) in [7, 11) is 0. The van der Waals surface area contributed by atoms with Crippen molar-refractivity contribution in [3.63, 3.8) is 0 Å². The predicted molar refractivity (Wildman–Crippen MR) is 98.1 cm³/mol. The standard InChI is InChI=1S/C19H22ClNO4/c20-16-7-3-14(4-8-16)2-1-11-21-17-9-5-15(6-10-17)19(24)25-13-18(23)12-22/h3-10,18,21-23H,1-2,11-13H2/t18-/m0/s1. The van der Waals surface area contributed by atoms with Crippen LogP contribution in [-0.4, -0.2) is 42.0 Å². The Morgan fingerprint density at radius 3 is 2.44 bits per heavy atom. The molecular formula is C19H22ClNO4. The third-order valence-corrected chi connectivity index (χ3v) is 3.87. The van der Waals surface area contributed by atoms with Crippen molar-refractivity contribution in [1.82, 2.24) is 0 Å². The normalized spacial score (nSPS) is 11.8. The van der Waals surface area contributed by atoms with Crippen LogP contribution < -0.4 is 5.32 Å². The van der Waals surface area contributed by atoms with Gasteiger partial charge in [0.15, 0.2) is 0 Å². The van der Waals surface area contributed by atoms with Crippen LogP contribution in [0.4, 0.5) is 5.69 Å². The van der Waals surface area contributed by atoms with Crippen molar-refractivity contribution in [3.8, 4) is 0 Å². The van der Waals surface area contributed by atoms with Gasteiger partial charge in [0.25, 0.3) is 0 Å². The predicted octanol–water partition coefficient (Wildman–Crippen LogP) is 2.89. The fourth-order valence-corrected chi connectivity index (χ4v) is 2.33. The highest BCUT2D eigenvalue weighted by molar-refractivity contribution is 6.30. The van der Waals surface area contributed by atoms with E-state index in [1.54, 1.807) is 24.3 Å². The van der Waals surface area contributed by atoms with Gasteiger partial charge in [0.1, 0.15) is 12.7 Å². The van der Waals surface area contributed by atoms with Gasteiger partial charge in [-0.2, -0.15) is 0 Å². The molecule has 0 aromatic heterocycles. The molecule has 0 aliphatic rings. The van der Waals surface area contributed by atoms with Crippen LogP contribution in [0.2, 0.25) is 5.02 Å². The van der Waals surface area contributed by atoms with Gasteiger partial charge in [0.05, 0.1) is 12.2 Å². The van der Waals surface area contributed by atoms with Crippen molar-refractivity contribution in [1.29, 1.82) is 0 Å². The molecule has 2 aromatic carbocycles. The molecule has 0 unspecified atom stereocenters. The molecule has 0 amide bonds. The molecule has 2 rings (SSSR count). The molecule has 0 saturated carbocycles. The smallest absolute Gasteiger partial charge is 0.338 e. The van der Waals surface area contributed by atoms with E-state index in [4.69, 9.17) is 21.4 Å². The number of halogens is 1. The summed E-state index contributed by atoms with van der Waals surface area (Å²) in [6.45, 7) is 0.154. The van der Waals surface area contributed by atoms with Gasteiger partial charge >= 0.3 is 5.97 Å². The average Bonchev–Trinajstić information content (AvgIpc) is 2.65. The van der Waals surface area contributed by atoms with E-state index in [0.717, 1.165) is 30.1 Å². The lowest BCUT2D eigenvalue weighted by Crippen LogP contribution is -2.21. The average molecular weight is 364 g/mol. The maximum absolute atomic E-state index is 11.8. The Bertz CT molecular complexity index is 658. The number of carbonyl (C=O) groups is 1. The second-order valence-corrected chi connectivity index (χ2v) is 6.11. The molecule has 0 bridgehead atoms. The van der Waals surface area contributed by atoms with Crippen molar-refractivity contribution in [2.75, 3.05) is 25.1 Å². The highest BCUT2D eigenvalue weighted by Gasteiger charge is 2.10. The van der Waals surface area contributed by atoms with Gasteiger partial charge in [0.2, 0.25) is 0 Å². The Labute approximate surface area is 152 Å². The topological polar surface area (TPSA) is 78.8 Å². The van der Waals surface area contributed by atoms with Crippen LogP contribution in [0.15, 0.2) is 48.5 Å². The maximum Gasteiger partial charge on any atom is 0.338 e. The summed E-state index contributed by atoms with van der Waals surface area (Å²) in [6.07, 6.45) is 0.886. The van der Waals surface area contributed by atoms with Crippen molar-refractivity contribution >= 4 is 23.3 Å². The van der Waals surface area contributed by atoms with Gasteiger partial charge in [-0.1, -0.05) is 23.7 Å². The fourth-order valence-electron chi connectivity index (χ4n) is 2.21. The number of nitrogens with one attached hydrogen (secondary N) is 1. The van der Waals surface area contributed by atoms with Gasteiger partial charge in [-0.15, -0.1) is 0 Å². The van der Waals surface area contributed by atoms with Crippen LogP contribution >= 0.6 is 11.6 Å². The molecule has 134 valence electrons. The quantitative estimate of drug-likeness (QED) is 0.471. The fraction of sp³-hybridized carbons (Fsp3) is 0.316. The lowest BCUT2D eigenvalue weighted by molar-refractivity contribution is 0.00933. The number of aliphatic hydroxyl groups is 2. The molecule has 0 fully saturated rings. The second kappa shape index (κ2) is 10.0. The van der Waals surface area contributed by atoms with Crippen LogP contribution in [0.1, 0.15) is 22.3 Å². The zero-order chi connectivity index (χ0) is 18.1. The number of benzene rings is 2. The van der Waals surface area contributed by atoms with Gasteiger partial charge in [-0.3, -0.25) is 0 Å². The third-order valence-electron chi connectivity index (χ3n) is 3.62. The van der Waals surface area contributed by atoms with Gasteiger partial charge in [-0.25, -0.2) is 4.79 Å². The van der Waals surface area contributed by atoms with Crippen LogP contribution in [0.25, 0.3) is 0 Å². The molecule has 0 heterocycles. The Morgan fingerprint density at radius 2 is 1.80 bits per heavy atom. The molecule has 3 N–H and O–H groups in total. The summed E-state index contributed by atoms with van der Waals surface area (Å²) < 4.78 is 4.90. The highest BCUT2D eigenvalue weighted by atomic mass is 35.5. The molecular weight excluding hydrogens is 342 g/mol. The van der Waals surface area contributed by atoms with Gasteiger partial charge in [-0.05, 0) is 54.8 Å². The first kappa shape index (κ1) is 19.2. The van der Waals surface area contributed by atoms with Crippen LogP contribution in [-0.2, 0) is 11.2 Å². The highest BCUT2D eigenvalue weighted by Crippen LogP contribution is 2.13. The summed E-state index contributed by atoms with van der Waals surface area (Å²) in [4.78, 5) is 11.8. The molecule has 0 saturated heterocycles.